The maximum absolute atomic E-state index is 10.7. The minimum Gasteiger partial charge on any atom is -0.0991 e. The van der Waals surface area contributed by atoms with Crippen LogP contribution in [0.3, 0.4) is 0 Å². The van der Waals surface area contributed by atoms with Gasteiger partial charge in [0.2, 0.25) is 0 Å². The molecule has 1 atom stereocenters. The third-order valence-corrected chi connectivity index (χ3v) is 1.98. The van der Waals surface area contributed by atoms with Crippen LogP contribution in [0.25, 0.3) is 0 Å². The van der Waals surface area contributed by atoms with Crippen LogP contribution in [0.1, 0.15) is 6.92 Å². The molecule has 2 nitrogen and oxygen atoms in total. The lowest BCUT2D eigenvalue weighted by molar-refractivity contribution is -0.416. The van der Waals surface area contributed by atoms with Gasteiger partial charge >= 0.3 is 0 Å². The van der Waals surface area contributed by atoms with Gasteiger partial charge in [0.1, 0.15) is 0 Å². The standard InChI is InChI=1S/C12H13NO/c1-3-4-5-11-8-6-10(2)7-9-12(11)13-14/h3-10H,1H2,2H3/p+1/b5-4+. The van der Waals surface area contributed by atoms with E-state index in [0.29, 0.717) is 11.6 Å². The molecule has 0 spiro atoms. The van der Waals surface area contributed by atoms with Gasteiger partial charge in [-0.25, -0.2) is 0 Å². The number of rotatable bonds is 3. The van der Waals surface area contributed by atoms with Crippen LogP contribution in [0.15, 0.2) is 60.4 Å². The summed E-state index contributed by atoms with van der Waals surface area (Å²) in [5, 5.41) is 1.93. The maximum atomic E-state index is 10.7. The number of allylic oxidation sites excluding steroid dienone is 8. The molecule has 0 saturated heterocycles. The second-order valence-corrected chi connectivity index (χ2v) is 3.14. The fourth-order valence-corrected chi connectivity index (χ4v) is 1.16. The van der Waals surface area contributed by atoms with Gasteiger partial charge < -0.3 is 0 Å². The molecule has 0 aromatic carbocycles. The zero-order chi connectivity index (χ0) is 10.4. The van der Waals surface area contributed by atoms with E-state index in [4.69, 9.17) is 0 Å². The van der Waals surface area contributed by atoms with Gasteiger partial charge in [0.25, 0.3) is 5.70 Å². The summed E-state index contributed by atoms with van der Waals surface area (Å²) in [5.74, 6) is 0.355. The Kier molecular flexibility index (Phi) is 3.80. The van der Waals surface area contributed by atoms with Crippen molar-refractivity contribution in [3.05, 3.63) is 65.3 Å². The Morgan fingerprint density at radius 2 is 2.14 bits per heavy atom. The van der Waals surface area contributed by atoms with E-state index in [9.17, 15) is 4.91 Å². The third kappa shape index (κ3) is 2.66. The predicted octanol–water partition coefficient (Wildman–Crippen LogP) is 1.59. The monoisotopic (exact) mass is 188 g/mol. The summed E-state index contributed by atoms with van der Waals surface area (Å²) in [7, 11) is 0. The van der Waals surface area contributed by atoms with Crippen LogP contribution in [0.2, 0.25) is 0 Å². The molecular formula is C12H14NO+. The van der Waals surface area contributed by atoms with Crippen molar-refractivity contribution < 1.29 is 5.18 Å². The highest BCUT2D eigenvalue weighted by Crippen LogP contribution is 2.12. The second-order valence-electron chi connectivity index (χ2n) is 3.14. The number of nitroso groups, excluding NO2 is 1. The third-order valence-electron chi connectivity index (χ3n) is 1.98. The highest BCUT2D eigenvalue weighted by Gasteiger charge is 2.08. The van der Waals surface area contributed by atoms with Crippen LogP contribution >= 0.6 is 0 Å². The summed E-state index contributed by atoms with van der Waals surface area (Å²) >= 11 is 0. The van der Waals surface area contributed by atoms with Gasteiger partial charge in [0, 0.05) is 16.2 Å². The SMILES string of the molecule is C=C/C=C/C1=C([NH+]=O)C=CC(C)C=C1. The summed E-state index contributed by atoms with van der Waals surface area (Å²) in [6, 6.07) is 0. The Bertz CT molecular complexity index is 345. The van der Waals surface area contributed by atoms with E-state index in [-0.39, 0.29) is 0 Å². The highest BCUT2D eigenvalue weighted by molar-refractivity contribution is 5.40. The molecule has 1 unspecified atom stereocenters. The van der Waals surface area contributed by atoms with Crippen molar-refractivity contribution in [2.24, 2.45) is 5.92 Å². The Morgan fingerprint density at radius 1 is 1.43 bits per heavy atom. The van der Waals surface area contributed by atoms with E-state index in [1.165, 1.54) is 0 Å². The molecular weight excluding hydrogens is 174 g/mol. The molecule has 0 saturated carbocycles. The molecule has 72 valence electrons. The fourth-order valence-electron chi connectivity index (χ4n) is 1.16. The molecule has 0 radical (unpaired) electrons. The van der Waals surface area contributed by atoms with E-state index >= 15 is 0 Å². The molecule has 0 amide bonds. The quantitative estimate of drug-likeness (QED) is 0.670. The lowest BCUT2D eigenvalue weighted by atomic mass is 10.1. The van der Waals surface area contributed by atoms with E-state index in [1.807, 2.05) is 29.5 Å². The lowest BCUT2D eigenvalue weighted by Gasteiger charge is -1.91. The van der Waals surface area contributed by atoms with Gasteiger partial charge in [-0.3, -0.25) is 0 Å². The summed E-state index contributed by atoms with van der Waals surface area (Å²) in [5.41, 5.74) is 1.46. The molecule has 1 N–H and O–H groups in total. The minimum absolute atomic E-state index is 0.355. The Labute approximate surface area is 84.0 Å². The molecule has 0 aromatic heterocycles. The van der Waals surface area contributed by atoms with E-state index in [2.05, 4.69) is 13.5 Å². The molecule has 2 heteroatoms. The first-order valence-electron chi connectivity index (χ1n) is 4.56. The largest absolute Gasteiger partial charge is 0.260 e. The molecule has 0 bridgehead atoms. The first-order valence-corrected chi connectivity index (χ1v) is 4.56. The molecule has 1 rings (SSSR count). The lowest BCUT2D eigenvalue weighted by Crippen LogP contribution is -2.61. The first-order chi connectivity index (χ1) is 6.77. The Morgan fingerprint density at radius 3 is 2.79 bits per heavy atom. The van der Waals surface area contributed by atoms with Gasteiger partial charge in [-0.1, -0.05) is 43.9 Å². The van der Waals surface area contributed by atoms with Crippen molar-refractivity contribution in [2.45, 2.75) is 6.92 Å². The van der Waals surface area contributed by atoms with Crippen molar-refractivity contribution >= 4 is 0 Å². The van der Waals surface area contributed by atoms with Crippen LogP contribution in [-0.4, -0.2) is 0 Å². The van der Waals surface area contributed by atoms with Crippen molar-refractivity contribution in [1.29, 1.82) is 0 Å². The zero-order valence-electron chi connectivity index (χ0n) is 8.23. The topological polar surface area (TPSA) is 31.0 Å². The average Bonchev–Trinajstić information content (AvgIpc) is 2.37. The molecule has 0 heterocycles. The van der Waals surface area contributed by atoms with Gasteiger partial charge in [-0.2, -0.15) is 0 Å². The molecule has 0 aromatic rings. The predicted molar refractivity (Wildman–Crippen MR) is 58.1 cm³/mol. The molecule has 0 fully saturated rings. The summed E-state index contributed by atoms with van der Waals surface area (Å²) in [6.45, 7) is 5.65. The van der Waals surface area contributed by atoms with E-state index in [0.717, 1.165) is 5.57 Å². The van der Waals surface area contributed by atoms with Gasteiger partial charge in [0.05, 0.1) is 5.57 Å². The summed E-state index contributed by atoms with van der Waals surface area (Å²) in [6.07, 6.45) is 13.1. The molecule has 1 aliphatic carbocycles. The van der Waals surface area contributed by atoms with Crippen molar-refractivity contribution in [3.63, 3.8) is 0 Å². The number of hydrogen-bond donors (Lipinski definition) is 1. The first kappa shape index (κ1) is 10.4. The average molecular weight is 188 g/mol. The van der Waals surface area contributed by atoms with Crippen LogP contribution < -0.4 is 5.18 Å². The van der Waals surface area contributed by atoms with Gasteiger partial charge in [-0.05, 0) is 12.0 Å². The van der Waals surface area contributed by atoms with E-state index < -0.39 is 0 Å². The number of hydrogen-bond acceptors (Lipinski definition) is 1. The Balaban J connectivity index is 3.06. The Hall–Kier alpha value is -1.70. The molecule has 14 heavy (non-hydrogen) atoms. The van der Waals surface area contributed by atoms with E-state index in [1.54, 1.807) is 18.2 Å². The fraction of sp³-hybridized carbons (Fsp3) is 0.167. The minimum atomic E-state index is 0.355. The normalized spacial score (nSPS) is 21.4. The van der Waals surface area contributed by atoms with Crippen LogP contribution in [0.4, 0.5) is 0 Å². The molecule has 1 aliphatic rings. The van der Waals surface area contributed by atoms with Crippen LogP contribution in [0, 0.1) is 10.8 Å². The maximum Gasteiger partial charge on any atom is 0.260 e. The highest BCUT2D eigenvalue weighted by atomic mass is 16.3. The smallest absolute Gasteiger partial charge is 0.0991 e. The summed E-state index contributed by atoms with van der Waals surface area (Å²) < 4.78 is 0. The second kappa shape index (κ2) is 5.12. The van der Waals surface area contributed by atoms with Gasteiger partial charge in [-0.15, -0.1) is 0 Å². The molecule has 0 aliphatic heterocycles. The summed E-state index contributed by atoms with van der Waals surface area (Å²) in [4.78, 5) is 10.7. The number of nitrogens with one attached hydrogen (secondary N) is 1. The van der Waals surface area contributed by atoms with Crippen LogP contribution in [-0.2, 0) is 0 Å². The zero-order valence-corrected chi connectivity index (χ0v) is 8.23. The van der Waals surface area contributed by atoms with Gasteiger partial charge in [0.15, 0.2) is 0 Å². The van der Waals surface area contributed by atoms with Crippen LogP contribution in [0.5, 0.6) is 0 Å². The van der Waals surface area contributed by atoms with Crippen molar-refractivity contribution in [3.8, 4) is 0 Å². The van der Waals surface area contributed by atoms with Crippen molar-refractivity contribution in [2.75, 3.05) is 0 Å². The van der Waals surface area contributed by atoms with Crippen molar-refractivity contribution in [1.82, 2.24) is 0 Å².